The molecular formula is C25H22N4O2. The monoisotopic (exact) mass is 410 g/mol. The molecule has 3 aromatic carbocycles. The molecule has 4 rings (SSSR count). The Balaban J connectivity index is 1.81. The zero-order chi connectivity index (χ0) is 21.8. The van der Waals surface area contributed by atoms with Gasteiger partial charge in [-0.25, -0.2) is 4.68 Å². The highest BCUT2D eigenvalue weighted by Crippen LogP contribution is 2.28. The molecule has 1 heterocycles. The standard InChI is InChI=1S/C25H22N4O2/c1-17-13-14-20(22(30)15-17)16-26-27-24(19-9-5-3-6-10-19)23-18(2)28-29(25(23)31)21-11-7-4-8-12-21/h3-16,30-31H,1-2H3/b26-16+,27-24+. The summed E-state index contributed by atoms with van der Waals surface area (Å²) in [6.07, 6.45) is 1.49. The van der Waals surface area contributed by atoms with Crippen LogP contribution >= 0.6 is 0 Å². The number of aromatic nitrogens is 2. The van der Waals surface area contributed by atoms with Gasteiger partial charge in [0.1, 0.15) is 11.5 Å². The summed E-state index contributed by atoms with van der Waals surface area (Å²) in [5, 5.41) is 34.3. The van der Waals surface area contributed by atoms with Crippen molar-refractivity contribution >= 4 is 11.9 Å². The number of phenols is 1. The highest BCUT2D eigenvalue weighted by Gasteiger charge is 2.22. The van der Waals surface area contributed by atoms with Crippen molar-refractivity contribution in [1.29, 1.82) is 0 Å². The van der Waals surface area contributed by atoms with E-state index in [1.807, 2.05) is 80.6 Å². The molecule has 0 saturated heterocycles. The maximum atomic E-state index is 11.0. The predicted octanol–water partition coefficient (Wildman–Crippen LogP) is 4.77. The molecule has 0 spiro atoms. The van der Waals surface area contributed by atoms with Crippen LogP contribution in [-0.2, 0) is 0 Å². The average molecular weight is 410 g/mol. The van der Waals surface area contributed by atoms with E-state index in [4.69, 9.17) is 0 Å². The Bertz CT molecular complexity index is 1260. The minimum Gasteiger partial charge on any atom is -0.507 e. The van der Waals surface area contributed by atoms with Gasteiger partial charge in [0.25, 0.3) is 0 Å². The van der Waals surface area contributed by atoms with Crippen molar-refractivity contribution in [3.8, 4) is 17.3 Å². The molecular weight excluding hydrogens is 388 g/mol. The number of rotatable bonds is 5. The molecule has 0 saturated carbocycles. The largest absolute Gasteiger partial charge is 0.507 e. The second-order valence-electron chi connectivity index (χ2n) is 7.15. The first-order valence-electron chi connectivity index (χ1n) is 9.85. The van der Waals surface area contributed by atoms with Crippen LogP contribution in [0.3, 0.4) is 0 Å². The summed E-state index contributed by atoms with van der Waals surface area (Å²) in [7, 11) is 0. The van der Waals surface area contributed by atoms with Crippen LogP contribution in [0.1, 0.15) is 27.9 Å². The molecule has 0 aliphatic heterocycles. The van der Waals surface area contributed by atoms with Crippen LogP contribution in [-0.4, -0.2) is 31.9 Å². The van der Waals surface area contributed by atoms with Crippen molar-refractivity contribution in [2.24, 2.45) is 10.2 Å². The molecule has 6 heteroatoms. The van der Waals surface area contributed by atoms with Gasteiger partial charge in [0.15, 0.2) is 0 Å². The van der Waals surface area contributed by atoms with Gasteiger partial charge in [0, 0.05) is 11.1 Å². The third kappa shape index (κ3) is 4.23. The van der Waals surface area contributed by atoms with Gasteiger partial charge in [0.2, 0.25) is 5.88 Å². The summed E-state index contributed by atoms with van der Waals surface area (Å²) in [5.41, 5.74) is 4.66. The number of nitrogens with zero attached hydrogens (tertiary/aromatic N) is 4. The second kappa shape index (κ2) is 8.67. The molecule has 4 aromatic rings. The number of aryl methyl sites for hydroxylation is 2. The lowest BCUT2D eigenvalue weighted by Gasteiger charge is -2.06. The first-order chi connectivity index (χ1) is 15.0. The smallest absolute Gasteiger partial charge is 0.224 e. The van der Waals surface area contributed by atoms with E-state index in [1.165, 1.54) is 10.9 Å². The van der Waals surface area contributed by atoms with Crippen LogP contribution in [0.25, 0.3) is 5.69 Å². The quantitative estimate of drug-likeness (QED) is 0.367. The first kappa shape index (κ1) is 20.1. The van der Waals surface area contributed by atoms with Gasteiger partial charge >= 0.3 is 0 Å². The molecule has 0 atom stereocenters. The van der Waals surface area contributed by atoms with Gasteiger partial charge in [-0.3, -0.25) is 0 Å². The third-order valence-corrected chi connectivity index (χ3v) is 4.86. The molecule has 0 fully saturated rings. The Kier molecular flexibility index (Phi) is 5.62. The lowest BCUT2D eigenvalue weighted by atomic mass is 10.0. The fraction of sp³-hybridized carbons (Fsp3) is 0.0800. The van der Waals surface area contributed by atoms with E-state index < -0.39 is 0 Å². The van der Waals surface area contributed by atoms with Crippen LogP contribution in [0.4, 0.5) is 0 Å². The molecule has 0 unspecified atom stereocenters. The highest BCUT2D eigenvalue weighted by molar-refractivity contribution is 6.15. The van der Waals surface area contributed by atoms with E-state index in [-0.39, 0.29) is 11.6 Å². The maximum absolute atomic E-state index is 11.0. The van der Waals surface area contributed by atoms with E-state index in [2.05, 4.69) is 15.3 Å². The van der Waals surface area contributed by atoms with Crippen molar-refractivity contribution in [1.82, 2.24) is 9.78 Å². The summed E-state index contributed by atoms with van der Waals surface area (Å²) in [4.78, 5) is 0. The van der Waals surface area contributed by atoms with Gasteiger partial charge in [-0.1, -0.05) is 54.6 Å². The zero-order valence-electron chi connectivity index (χ0n) is 17.3. The minimum absolute atomic E-state index is 0.0142. The average Bonchev–Trinajstić information content (AvgIpc) is 3.08. The Morgan fingerprint density at radius 2 is 1.58 bits per heavy atom. The summed E-state index contributed by atoms with van der Waals surface area (Å²) in [5.74, 6) is 0.121. The third-order valence-electron chi connectivity index (χ3n) is 4.86. The van der Waals surface area contributed by atoms with Crippen LogP contribution in [0.5, 0.6) is 11.6 Å². The number of hydrogen-bond donors (Lipinski definition) is 2. The summed E-state index contributed by atoms with van der Waals surface area (Å²) < 4.78 is 1.48. The zero-order valence-corrected chi connectivity index (χ0v) is 17.3. The Morgan fingerprint density at radius 1 is 0.903 bits per heavy atom. The van der Waals surface area contributed by atoms with E-state index >= 15 is 0 Å². The Hall–Kier alpha value is -4.19. The number of para-hydroxylation sites is 1. The summed E-state index contributed by atoms with van der Waals surface area (Å²) >= 11 is 0. The minimum atomic E-state index is -0.0142. The van der Waals surface area contributed by atoms with Crippen molar-refractivity contribution in [3.05, 3.63) is 107 Å². The van der Waals surface area contributed by atoms with Crippen molar-refractivity contribution < 1.29 is 10.2 Å². The van der Waals surface area contributed by atoms with Gasteiger partial charge in [-0.15, -0.1) is 5.10 Å². The van der Waals surface area contributed by atoms with Crippen molar-refractivity contribution in [3.63, 3.8) is 0 Å². The fourth-order valence-electron chi connectivity index (χ4n) is 3.30. The van der Waals surface area contributed by atoms with Crippen molar-refractivity contribution in [2.45, 2.75) is 13.8 Å². The van der Waals surface area contributed by atoms with Gasteiger partial charge in [0.05, 0.1) is 23.2 Å². The maximum Gasteiger partial charge on any atom is 0.224 e. The molecule has 0 radical (unpaired) electrons. The molecule has 0 amide bonds. The lowest BCUT2D eigenvalue weighted by Crippen LogP contribution is -2.04. The Morgan fingerprint density at radius 3 is 2.26 bits per heavy atom. The topological polar surface area (TPSA) is 83.0 Å². The van der Waals surface area contributed by atoms with Crippen LogP contribution in [0, 0.1) is 13.8 Å². The van der Waals surface area contributed by atoms with E-state index in [0.717, 1.165) is 16.8 Å². The molecule has 154 valence electrons. The number of hydrogen-bond acceptors (Lipinski definition) is 5. The molecule has 1 aromatic heterocycles. The van der Waals surface area contributed by atoms with Crippen LogP contribution in [0.15, 0.2) is 89.1 Å². The van der Waals surface area contributed by atoms with E-state index in [1.54, 1.807) is 12.1 Å². The van der Waals surface area contributed by atoms with Crippen LogP contribution < -0.4 is 0 Å². The van der Waals surface area contributed by atoms with Crippen LogP contribution in [0.2, 0.25) is 0 Å². The summed E-state index contributed by atoms with van der Waals surface area (Å²) in [6.45, 7) is 3.73. The van der Waals surface area contributed by atoms with Crippen molar-refractivity contribution in [2.75, 3.05) is 0 Å². The van der Waals surface area contributed by atoms with Gasteiger partial charge in [-0.2, -0.15) is 10.2 Å². The number of phenolic OH excluding ortho intramolecular Hbond substituents is 1. The SMILES string of the molecule is Cc1ccc(/C=N/N=C(\c2ccccc2)c2c(C)nn(-c3ccccc3)c2O)c(O)c1. The highest BCUT2D eigenvalue weighted by atomic mass is 16.3. The molecule has 0 bridgehead atoms. The van der Waals surface area contributed by atoms with Gasteiger partial charge < -0.3 is 10.2 Å². The number of aromatic hydroxyl groups is 2. The molecule has 31 heavy (non-hydrogen) atoms. The lowest BCUT2D eigenvalue weighted by molar-refractivity contribution is 0.432. The van der Waals surface area contributed by atoms with Gasteiger partial charge in [-0.05, 0) is 43.7 Å². The molecule has 6 nitrogen and oxygen atoms in total. The van der Waals surface area contributed by atoms with E-state index in [9.17, 15) is 10.2 Å². The molecule has 0 aliphatic rings. The fourth-order valence-corrected chi connectivity index (χ4v) is 3.30. The Labute approximate surface area is 180 Å². The predicted molar refractivity (Wildman–Crippen MR) is 122 cm³/mol. The van der Waals surface area contributed by atoms with E-state index in [0.29, 0.717) is 22.5 Å². The second-order valence-corrected chi connectivity index (χ2v) is 7.15. The molecule has 0 aliphatic carbocycles. The molecule has 2 N–H and O–H groups in total. The normalized spacial score (nSPS) is 11.9. The number of benzene rings is 3. The first-order valence-corrected chi connectivity index (χ1v) is 9.85. The summed E-state index contributed by atoms with van der Waals surface area (Å²) in [6, 6.07) is 24.3.